The van der Waals surface area contributed by atoms with Gasteiger partial charge < -0.3 is 4.74 Å². The van der Waals surface area contributed by atoms with Crippen LogP contribution in [-0.4, -0.2) is 44.4 Å². The lowest BCUT2D eigenvalue weighted by Crippen LogP contribution is -2.68. The summed E-state index contributed by atoms with van der Waals surface area (Å²) in [6.07, 6.45) is 0.439. The lowest BCUT2D eigenvalue weighted by molar-refractivity contribution is -0.0162. The normalized spacial score (nSPS) is 17.2. The van der Waals surface area contributed by atoms with E-state index in [0.717, 1.165) is 24.2 Å². The molecule has 1 heterocycles. The van der Waals surface area contributed by atoms with Gasteiger partial charge in [0, 0.05) is 17.8 Å². The third-order valence-corrected chi connectivity index (χ3v) is 4.14. The highest BCUT2D eigenvalue weighted by Gasteiger charge is 2.40. The third-order valence-electron chi connectivity index (χ3n) is 4.14. The van der Waals surface area contributed by atoms with E-state index in [1.165, 1.54) is 5.56 Å². The van der Waals surface area contributed by atoms with Crippen molar-refractivity contribution >= 4 is 11.8 Å². The van der Waals surface area contributed by atoms with Gasteiger partial charge in [0.2, 0.25) is 0 Å². The summed E-state index contributed by atoms with van der Waals surface area (Å²) in [6, 6.07) is 5.93. The minimum Gasteiger partial charge on any atom is -0.444 e. The molecule has 0 atom stereocenters. The second kappa shape index (κ2) is 7.06. The van der Waals surface area contributed by atoms with Gasteiger partial charge in [-0.1, -0.05) is 6.07 Å². The summed E-state index contributed by atoms with van der Waals surface area (Å²) in [4.78, 5) is 12.0. The first-order valence-corrected chi connectivity index (χ1v) is 8.22. The van der Waals surface area contributed by atoms with Crippen LogP contribution in [0.25, 0.3) is 0 Å². The molecule has 0 spiro atoms. The molecule has 134 valence electrons. The molecule has 0 saturated heterocycles. The predicted octanol–water partition coefficient (Wildman–Crippen LogP) is 1.58. The zero-order chi connectivity index (χ0) is 18.0. The molecule has 7 nitrogen and oxygen atoms in total. The number of anilines is 1. The number of hydrogen-bond acceptors (Lipinski definition) is 6. The second-order valence-electron chi connectivity index (χ2n) is 6.83. The molecule has 0 bridgehead atoms. The molecule has 0 fully saturated rings. The maximum Gasteiger partial charge on any atom is 0.412 e. The summed E-state index contributed by atoms with van der Waals surface area (Å²) < 4.78 is 5.31. The second-order valence-corrected chi connectivity index (χ2v) is 6.83. The minimum absolute atomic E-state index is 0.441. The maximum absolute atomic E-state index is 12.0. The third kappa shape index (κ3) is 3.70. The smallest absolute Gasteiger partial charge is 0.412 e. The summed E-state index contributed by atoms with van der Waals surface area (Å²) in [7, 11) is 5.75. The highest BCUT2D eigenvalue weighted by atomic mass is 16.6. The van der Waals surface area contributed by atoms with Gasteiger partial charge in [-0.15, -0.1) is 0 Å². The molecule has 1 amide bonds. The average molecular weight is 335 g/mol. The Morgan fingerprint density at radius 3 is 2.42 bits per heavy atom. The molecule has 1 aliphatic rings. The van der Waals surface area contributed by atoms with Gasteiger partial charge in [0.05, 0.1) is 0 Å². The number of amides is 1. The van der Waals surface area contributed by atoms with Gasteiger partial charge in [0.15, 0.2) is 5.79 Å². The van der Waals surface area contributed by atoms with Crippen LogP contribution in [0.4, 0.5) is 10.5 Å². The van der Waals surface area contributed by atoms with Crippen molar-refractivity contribution < 1.29 is 9.53 Å². The fourth-order valence-electron chi connectivity index (χ4n) is 3.14. The van der Waals surface area contributed by atoms with E-state index in [1.807, 2.05) is 60.1 Å². The number of ether oxygens (including phenoxy) is 1. The summed E-state index contributed by atoms with van der Waals surface area (Å²) in [5, 5.41) is 11.6. The van der Waals surface area contributed by atoms with E-state index in [9.17, 15) is 4.79 Å². The van der Waals surface area contributed by atoms with Crippen LogP contribution in [0.1, 0.15) is 31.9 Å². The first-order valence-electron chi connectivity index (χ1n) is 8.22. The number of carbonyl (C=O) groups is 1. The molecular formula is C17H29N5O2. The Balaban J connectivity index is 2.27. The molecule has 24 heavy (non-hydrogen) atoms. The molecule has 0 aliphatic carbocycles. The van der Waals surface area contributed by atoms with Crippen LogP contribution in [0.3, 0.4) is 0 Å². The van der Waals surface area contributed by atoms with Gasteiger partial charge in [-0.3, -0.25) is 21.4 Å². The van der Waals surface area contributed by atoms with Crippen molar-refractivity contribution in [1.29, 1.82) is 0 Å². The van der Waals surface area contributed by atoms with Crippen LogP contribution in [-0.2, 0) is 16.9 Å². The van der Waals surface area contributed by atoms with E-state index < -0.39 is 17.5 Å². The van der Waals surface area contributed by atoms with Crippen LogP contribution >= 0.6 is 0 Å². The molecule has 1 aromatic rings. The number of rotatable bonds is 4. The van der Waals surface area contributed by atoms with Gasteiger partial charge in [-0.25, -0.2) is 9.80 Å². The Labute approximate surface area is 144 Å². The van der Waals surface area contributed by atoms with Crippen molar-refractivity contribution in [3.63, 3.8) is 0 Å². The minimum atomic E-state index is -0.515. The molecule has 0 unspecified atom stereocenters. The maximum atomic E-state index is 12.0. The molecule has 4 N–H and O–H groups in total. The molecule has 1 aliphatic heterocycles. The van der Waals surface area contributed by atoms with Crippen molar-refractivity contribution in [3.05, 3.63) is 29.3 Å². The molecule has 2 rings (SSSR count). The fourth-order valence-corrected chi connectivity index (χ4v) is 3.14. The van der Waals surface area contributed by atoms with Crippen molar-refractivity contribution in [2.45, 2.75) is 38.6 Å². The van der Waals surface area contributed by atoms with Crippen LogP contribution in [0.2, 0.25) is 0 Å². The van der Waals surface area contributed by atoms with Crippen molar-refractivity contribution in [2.75, 3.05) is 33.0 Å². The molecular weight excluding hydrogens is 306 g/mol. The van der Waals surface area contributed by atoms with Gasteiger partial charge in [-0.05, 0) is 66.0 Å². The summed E-state index contributed by atoms with van der Waals surface area (Å²) in [5.74, 6) is -0.493. The topological polar surface area (TPSA) is 77.7 Å². The number of benzene rings is 1. The number of hydrogen-bond donors (Lipinski definition) is 4. The SMILES string of the molecule is CNN1CCc2cc(NC(=O)OC(C)(C)C)ccc2C1(NC)NC. The molecule has 1 aromatic carbocycles. The quantitative estimate of drug-likeness (QED) is 0.626. The van der Waals surface area contributed by atoms with E-state index in [-0.39, 0.29) is 0 Å². The number of nitrogens with zero attached hydrogens (tertiary/aromatic N) is 1. The summed E-state index contributed by atoms with van der Waals surface area (Å²) in [5.41, 5.74) is 5.76. The van der Waals surface area contributed by atoms with Crippen molar-refractivity contribution in [2.24, 2.45) is 0 Å². The van der Waals surface area contributed by atoms with Gasteiger partial charge >= 0.3 is 6.09 Å². The zero-order valence-electron chi connectivity index (χ0n) is 15.4. The Kier molecular flexibility index (Phi) is 5.49. The predicted molar refractivity (Wildman–Crippen MR) is 95.6 cm³/mol. The number of hydrazine groups is 1. The lowest BCUT2D eigenvalue weighted by Gasteiger charge is -2.47. The van der Waals surface area contributed by atoms with Gasteiger partial charge in [0.25, 0.3) is 0 Å². The van der Waals surface area contributed by atoms with Crippen LogP contribution in [0, 0.1) is 0 Å². The Morgan fingerprint density at radius 2 is 1.88 bits per heavy atom. The Morgan fingerprint density at radius 1 is 1.21 bits per heavy atom. The number of fused-ring (bicyclic) bond motifs is 1. The summed E-state index contributed by atoms with van der Waals surface area (Å²) in [6.45, 7) is 6.38. The highest BCUT2D eigenvalue weighted by molar-refractivity contribution is 5.85. The molecule has 7 heteroatoms. The van der Waals surface area contributed by atoms with Gasteiger partial charge in [-0.2, -0.15) is 0 Å². The molecule has 0 aromatic heterocycles. The Hall–Kier alpha value is -1.67. The van der Waals surface area contributed by atoms with E-state index in [2.05, 4.69) is 26.4 Å². The Bertz CT molecular complexity index is 593. The highest BCUT2D eigenvalue weighted by Crippen LogP contribution is 2.31. The summed E-state index contributed by atoms with van der Waals surface area (Å²) >= 11 is 0. The molecule has 0 saturated carbocycles. The number of carbonyl (C=O) groups excluding carboxylic acids is 1. The fraction of sp³-hybridized carbons (Fsp3) is 0.588. The first-order chi connectivity index (χ1) is 11.3. The zero-order valence-corrected chi connectivity index (χ0v) is 15.4. The average Bonchev–Trinajstić information content (AvgIpc) is 2.51. The first kappa shape index (κ1) is 18.7. The van der Waals surface area contributed by atoms with Crippen LogP contribution in [0.5, 0.6) is 0 Å². The van der Waals surface area contributed by atoms with Crippen LogP contribution in [0.15, 0.2) is 18.2 Å². The lowest BCUT2D eigenvalue weighted by atomic mass is 9.93. The van der Waals surface area contributed by atoms with E-state index in [1.54, 1.807) is 0 Å². The van der Waals surface area contributed by atoms with Crippen molar-refractivity contribution in [1.82, 2.24) is 21.1 Å². The molecule has 0 radical (unpaired) electrons. The van der Waals surface area contributed by atoms with E-state index in [0.29, 0.717) is 0 Å². The standard InChI is InChI=1S/C17H29N5O2/c1-16(2,3)24-15(23)21-13-7-8-14-12(11-13)9-10-22(20-6)17(14,18-4)19-5/h7-8,11,18-20H,9-10H2,1-6H3,(H,21,23). The van der Waals surface area contributed by atoms with E-state index >= 15 is 0 Å². The van der Waals surface area contributed by atoms with Crippen LogP contribution < -0.4 is 21.4 Å². The van der Waals surface area contributed by atoms with Crippen molar-refractivity contribution in [3.8, 4) is 0 Å². The largest absolute Gasteiger partial charge is 0.444 e. The number of nitrogens with one attached hydrogen (secondary N) is 4. The monoisotopic (exact) mass is 335 g/mol. The van der Waals surface area contributed by atoms with E-state index in [4.69, 9.17) is 4.74 Å². The van der Waals surface area contributed by atoms with Gasteiger partial charge in [0.1, 0.15) is 5.60 Å².